The summed E-state index contributed by atoms with van der Waals surface area (Å²) < 4.78 is 26.4. The van der Waals surface area contributed by atoms with Crippen molar-refractivity contribution in [3.63, 3.8) is 0 Å². The summed E-state index contributed by atoms with van der Waals surface area (Å²) in [5.41, 5.74) is 1.85. The van der Waals surface area contributed by atoms with Gasteiger partial charge in [0.25, 0.3) is 5.91 Å². The number of halogens is 1. The molecule has 1 aromatic heterocycles. The van der Waals surface area contributed by atoms with Crippen LogP contribution in [0.25, 0.3) is 17.1 Å². The van der Waals surface area contributed by atoms with E-state index in [1.54, 1.807) is 41.1 Å². The van der Waals surface area contributed by atoms with Crippen molar-refractivity contribution < 1.29 is 18.7 Å². The largest absolute Gasteiger partial charge is 0.494 e. The van der Waals surface area contributed by atoms with Gasteiger partial charge in [0.2, 0.25) is 5.82 Å². The first-order chi connectivity index (χ1) is 18.1. The molecule has 0 unspecified atom stereocenters. The van der Waals surface area contributed by atoms with Crippen molar-refractivity contribution in [2.75, 3.05) is 11.9 Å². The SMILES string of the molecule is CCOc1ccc(-n2nc(C(=O)Nc3ccc(Oc4ccccc4)cc3)nc2-c2ccc(F)cc2)cc1. The summed E-state index contributed by atoms with van der Waals surface area (Å²) in [7, 11) is 0. The molecule has 37 heavy (non-hydrogen) atoms. The Morgan fingerprint density at radius 3 is 2.16 bits per heavy atom. The Morgan fingerprint density at radius 2 is 1.49 bits per heavy atom. The smallest absolute Gasteiger partial charge is 0.295 e. The Bertz CT molecular complexity index is 1480. The normalized spacial score (nSPS) is 10.6. The standard InChI is InChI=1S/C29H23FN4O3/c1-2-36-24-18-14-23(15-19-24)34-28(20-8-10-21(30)11-9-20)32-27(33-34)29(35)31-22-12-16-26(17-13-22)37-25-6-4-3-5-7-25/h3-19H,2H2,1H3,(H,31,35). The lowest BCUT2D eigenvalue weighted by Gasteiger charge is -2.08. The Labute approximate surface area is 213 Å². The van der Waals surface area contributed by atoms with Gasteiger partial charge in [0.15, 0.2) is 5.82 Å². The van der Waals surface area contributed by atoms with Gasteiger partial charge in [-0.05, 0) is 91.9 Å². The van der Waals surface area contributed by atoms with Crippen molar-refractivity contribution in [3.05, 3.63) is 115 Å². The molecule has 8 heteroatoms. The van der Waals surface area contributed by atoms with Crippen LogP contribution in [0, 0.1) is 5.82 Å². The van der Waals surface area contributed by atoms with E-state index in [1.807, 2.05) is 61.5 Å². The Balaban J connectivity index is 1.39. The lowest BCUT2D eigenvalue weighted by atomic mass is 10.2. The molecule has 0 fully saturated rings. The molecule has 1 heterocycles. The van der Waals surface area contributed by atoms with Crippen LogP contribution in [0.1, 0.15) is 17.5 Å². The summed E-state index contributed by atoms with van der Waals surface area (Å²) in [6.45, 7) is 2.46. The van der Waals surface area contributed by atoms with Crippen LogP contribution < -0.4 is 14.8 Å². The van der Waals surface area contributed by atoms with Crippen LogP contribution in [0.2, 0.25) is 0 Å². The number of nitrogens with one attached hydrogen (secondary N) is 1. The molecule has 1 amide bonds. The number of aromatic nitrogens is 3. The Kier molecular flexibility index (Phi) is 6.89. The second-order valence-electron chi connectivity index (χ2n) is 8.00. The maximum atomic E-state index is 13.5. The van der Waals surface area contributed by atoms with Crippen molar-refractivity contribution in [2.45, 2.75) is 6.92 Å². The van der Waals surface area contributed by atoms with E-state index in [-0.39, 0.29) is 11.6 Å². The van der Waals surface area contributed by atoms with Gasteiger partial charge in [-0.3, -0.25) is 4.79 Å². The fourth-order valence-electron chi connectivity index (χ4n) is 3.64. The average molecular weight is 495 g/mol. The number of anilines is 1. The topological polar surface area (TPSA) is 78.3 Å². The van der Waals surface area contributed by atoms with E-state index in [2.05, 4.69) is 15.4 Å². The maximum Gasteiger partial charge on any atom is 0.295 e. The third kappa shape index (κ3) is 5.65. The lowest BCUT2D eigenvalue weighted by Crippen LogP contribution is -2.14. The zero-order valence-electron chi connectivity index (χ0n) is 20.0. The molecule has 0 aliphatic rings. The lowest BCUT2D eigenvalue weighted by molar-refractivity contribution is 0.101. The van der Waals surface area contributed by atoms with Gasteiger partial charge in [-0.15, -0.1) is 5.10 Å². The van der Waals surface area contributed by atoms with E-state index in [4.69, 9.17) is 9.47 Å². The molecule has 184 valence electrons. The third-order valence-corrected chi connectivity index (χ3v) is 5.40. The minimum Gasteiger partial charge on any atom is -0.494 e. The van der Waals surface area contributed by atoms with Crippen LogP contribution >= 0.6 is 0 Å². The highest BCUT2D eigenvalue weighted by atomic mass is 19.1. The number of para-hydroxylation sites is 1. The molecule has 0 aliphatic heterocycles. The maximum absolute atomic E-state index is 13.5. The monoisotopic (exact) mass is 494 g/mol. The fourth-order valence-corrected chi connectivity index (χ4v) is 3.64. The molecule has 0 bridgehead atoms. The molecule has 0 aliphatic carbocycles. The molecule has 0 saturated heterocycles. The summed E-state index contributed by atoms with van der Waals surface area (Å²) in [5.74, 6) is 1.60. The molecule has 1 N–H and O–H groups in total. The summed E-state index contributed by atoms with van der Waals surface area (Å²) in [4.78, 5) is 17.5. The van der Waals surface area contributed by atoms with E-state index < -0.39 is 5.91 Å². The molecule has 0 saturated carbocycles. The number of amides is 1. The van der Waals surface area contributed by atoms with E-state index in [0.29, 0.717) is 40.9 Å². The van der Waals surface area contributed by atoms with Gasteiger partial charge in [-0.2, -0.15) is 0 Å². The van der Waals surface area contributed by atoms with Crippen molar-refractivity contribution in [2.24, 2.45) is 0 Å². The van der Waals surface area contributed by atoms with Crippen LogP contribution in [0.5, 0.6) is 17.2 Å². The van der Waals surface area contributed by atoms with Crippen molar-refractivity contribution >= 4 is 11.6 Å². The van der Waals surface area contributed by atoms with E-state index in [9.17, 15) is 9.18 Å². The summed E-state index contributed by atoms with van der Waals surface area (Å²) in [6.07, 6.45) is 0. The predicted molar refractivity (Wildman–Crippen MR) is 139 cm³/mol. The number of carbonyl (C=O) groups is 1. The Hall–Kier alpha value is -4.98. The molecular weight excluding hydrogens is 471 g/mol. The number of hydrogen-bond acceptors (Lipinski definition) is 5. The van der Waals surface area contributed by atoms with Gasteiger partial charge >= 0.3 is 0 Å². The zero-order valence-corrected chi connectivity index (χ0v) is 20.0. The molecule has 0 atom stereocenters. The number of nitrogens with zero attached hydrogens (tertiary/aromatic N) is 3. The van der Waals surface area contributed by atoms with Crippen LogP contribution in [0.3, 0.4) is 0 Å². The second kappa shape index (κ2) is 10.7. The summed E-state index contributed by atoms with van der Waals surface area (Å²) in [5, 5.41) is 7.27. The molecule has 7 nitrogen and oxygen atoms in total. The third-order valence-electron chi connectivity index (χ3n) is 5.40. The van der Waals surface area contributed by atoms with Gasteiger partial charge < -0.3 is 14.8 Å². The van der Waals surface area contributed by atoms with Gasteiger partial charge in [0, 0.05) is 11.3 Å². The van der Waals surface area contributed by atoms with Crippen molar-refractivity contribution in [1.82, 2.24) is 14.8 Å². The molecular formula is C29H23FN4O3. The van der Waals surface area contributed by atoms with Crippen molar-refractivity contribution in [1.29, 1.82) is 0 Å². The van der Waals surface area contributed by atoms with Gasteiger partial charge in [-0.25, -0.2) is 14.1 Å². The molecule has 0 radical (unpaired) electrons. The molecule has 5 aromatic rings. The van der Waals surface area contributed by atoms with Crippen LogP contribution in [-0.2, 0) is 0 Å². The van der Waals surface area contributed by atoms with Gasteiger partial charge in [0.1, 0.15) is 23.1 Å². The summed E-state index contributed by atoms with van der Waals surface area (Å²) in [6, 6.07) is 29.6. The Morgan fingerprint density at radius 1 is 0.838 bits per heavy atom. The average Bonchev–Trinajstić information content (AvgIpc) is 3.37. The number of rotatable bonds is 8. The highest BCUT2D eigenvalue weighted by Gasteiger charge is 2.19. The minimum absolute atomic E-state index is 0.0298. The molecule has 0 spiro atoms. The quantitative estimate of drug-likeness (QED) is 0.266. The van der Waals surface area contributed by atoms with Gasteiger partial charge in [0.05, 0.1) is 12.3 Å². The van der Waals surface area contributed by atoms with Crippen LogP contribution in [0.15, 0.2) is 103 Å². The first-order valence-corrected chi connectivity index (χ1v) is 11.7. The fraction of sp³-hybridized carbons (Fsp3) is 0.0690. The number of benzene rings is 4. The highest BCUT2D eigenvalue weighted by molar-refractivity contribution is 6.01. The first kappa shape index (κ1) is 23.7. The number of hydrogen-bond donors (Lipinski definition) is 1. The van der Waals surface area contributed by atoms with E-state index in [0.717, 1.165) is 5.75 Å². The highest BCUT2D eigenvalue weighted by Crippen LogP contribution is 2.25. The van der Waals surface area contributed by atoms with Crippen LogP contribution in [-0.4, -0.2) is 27.3 Å². The van der Waals surface area contributed by atoms with E-state index in [1.165, 1.54) is 12.1 Å². The number of ether oxygens (including phenoxy) is 2. The minimum atomic E-state index is -0.482. The van der Waals surface area contributed by atoms with Crippen molar-refractivity contribution in [3.8, 4) is 34.3 Å². The molecule has 4 aromatic carbocycles. The van der Waals surface area contributed by atoms with Gasteiger partial charge in [-0.1, -0.05) is 18.2 Å². The number of carbonyl (C=O) groups excluding carboxylic acids is 1. The predicted octanol–water partition coefficient (Wildman–Crippen LogP) is 6.52. The second-order valence-corrected chi connectivity index (χ2v) is 8.00. The van der Waals surface area contributed by atoms with Crippen LogP contribution in [0.4, 0.5) is 10.1 Å². The molecule has 5 rings (SSSR count). The van der Waals surface area contributed by atoms with E-state index >= 15 is 0 Å². The zero-order chi connectivity index (χ0) is 25.6. The first-order valence-electron chi connectivity index (χ1n) is 11.7. The summed E-state index contributed by atoms with van der Waals surface area (Å²) >= 11 is 0.